The zero-order valence-electron chi connectivity index (χ0n) is 10.1. The lowest BCUT2D eigenvalue weighted by molar-refractivity contribution is -0.141. The highest BCUT2D eigenvalue weighted by Crippen LogP contribution is 2.43. The third kappa shape index (κ3) is 4.19. The van der Waals surface area contributed by atoms with Crippen LogP contribution < -0.4 is 0 Å². The van der Waals surface area contributed by atoms with E-state index in [1.54, 1.807) is 0 Å². The molecule has 2 nitrogen and oxygen atoms in total. The molecule has 2 rings (SSSR count). The molecule has 0 aliphatic heterocycles. The molecule has 119 valence electrons. The molecule has 0 amide bonds. The van der Waals surface area contributed by atoms with Crippen LogP contribution in [0.25, 0.3) is 5.69 Å². The molecule has 0 aliphatic rings. The number of nitrogens with zero attached hydrogens (tertiary/aromatic N) is 2. The largest absolute Gasteiger partial charge is 0.446 e. The molecule has 0 spiro atoms. The maximum Gasteiger partial charge on any atom is 0.446 e. The third-order valence-corrected chi connectivity index (χ3v) is 4.07. The van der Waals surface area contributed by atoms with E-state index in [-0.39, 0.29) is 15.1 Å². The van der Waals surface area contributed by atoms with Gasteiger partial charge in [0.1, 0.15) is 0 Å². The number of aromatic nitrogens is 2. The number of thioether (sulfide) groups is 1. The molecule has 0 fully saturated rings. The van der Waals surface area contributed by atoms with Crippen LogP contribution in [0, 0.1) is 6.07 Å². The third-order valence-electron chi connectivity index (χ3n) is 2.25. The van der Waals surface area contributed by atoms with Gasteiger partial charge in [-0.25, -0.2) is 4.68 Å². The summed E-state index contributed by atoms with van der Waals surface area (Å²) in [5, 5.41) is 3.24. The van der Waals surface area contributed by atoms with Gasteiger partial charge in [-0.15, -0.1) is 0 Å². The molecule has 1 aromatic heterocycles. The van der Waals surface area contributed by atoms with Crippen molar-refractivity contribution in [1.29, 1.82) is 0 Å². The van der Waals surface area contributed by atoms with Crippen molar-refractivity contribution in [3.05, 3.63) is 39.0 Å². The van der Waals surface area contributed by atoms with Crippen LogP contribution in [0.4, 0.5) is 26.3 Å². The summed E-state index contributed by atoms with van der Waals surface area (Å²) < 4.78 is 76.6. The van der Waals surface area contributed by atoms with Crippen LogP contribution in [0.3, 0.4) is 0 Å². The molecule has 0 unspecified atom stereocenters. The Hall–Kier alpha value is -0.680. The van der Waals surface area contributed by atoms with E-state index < -0.39 is 29.1 Å². The van der Waals surface area contributed by atoms with Crippen molar-refractivity contribution >= 4 is 43.6 Å². The van der Waals surface area contributed by atoms with Crippen molar-refractivity contribution in [2.45, 2.75) is 16.6 Å². The summed E-state index contributed by atoms with van der Waals surface area (Å²) in [6.07, 6.45) is -3.90. The standard InChI is InChI=1S/C11H3Br2F6N2S/c12-5-3-6(13)9(7(4-5)22-11(17,18)19)21-2-1-8(20-21)10(14,15)16/h2-4H. The number of alkyl halides is 6. The predicted molar refractivity (Wildman–Crippen MR) is 74.7 cm³/mol. The first kappa shape index (κ1) is 17.7. The maximum atomic E-state index is 12.6. The van der Waals surface area contributed by atoms with Gasteiger partial charge in [-0.1, -0.05) is 15.9 Å². The Morgan fingerprint density at radius 2 is 1.73 bits per heavy atom. The quantitative estimate of drug-likeness (QED) is 0.407. The molecule has 0 N–H and O–H groups in total. The van der Waals surface area contributed by atoms with E-state index in [1.807, 2.05) is 6.07 Å². The van der Waals surface area contributed by atoms with Gasteiger partial charge in [0.25, 0.3) is 0 Å². The van der Waals surface area contributed by atoms with E-state index in [0.29, 0.717) is 9.15 Å². The van der Waals surface area contributed by atoms with Crippen molar-refractivity contribution in [1.82, 2.24) is 9.78 Å². The van der Waals surface area contributed by atoms with E-state index in [2.05, 4.69) is 37.0 Å². The lowest BCUT2D eigenvalue weighted by atomic mass is 10.3. The highest BCUT2D eigenvalue weighted by Gasteiger charge is 2.35. The molecule has 0 atom stereocenters. The second-order valence-electron chi connectivity index (χ2n) is 3.85. The minimum atomic E-state index is -4.73. The zero-order valence-corrected chi connectivity index (χ0v) is 14.0. The van der Waals surface area contributed by atoms with Crippen LogP contribution in [-0.4, -0.2) is 15.3 Å². The summed E-state index contributed by atoms with van der Waals surface area (Å²) in [4.78, 5) is -0.307. The van der Waals surface area contributed by atoms with E-state index in [1.165, 1.54) is 6.07 Å². The first-order chi connectivity index (χ1) is 9.97. The molecule has 11 heteroatoms. The Labute approximate surface area is 141 Å². The fraction of sp³-hybridized carbons (Fsp3) is 0.182. The summed E-state index contributed by atoms with van der Waals surface area (Å²) in [6, 6.07) is 4.43. The van der Waals surface area contributed by atoms with Gasteiger partial charge in [-0.3, -0.25) is 0 Å². The number of hydrogen-bond acceptors (Lipinski definition) is 2. The Kier molecular flexibility index (Phi) is 4.88. The average molecular weight is 469 g/mol. The van der Waals surface area contributed by atoms with Gasteiger partial charge in [-0.2, -0.15) is 31.4 Å². The lowest BCUT2D eigenvalue weighted by Crippen LogP contribution is -2.09. The molecule has 0 aliphatic carbocycles. The van der Waals surface area contributed by atoms with Crippen LogP contribution >= 0.6 is 43.6 Å². The van der Waals surface area contributed by atoms with Gasteiger partial charge in [0.05, 0.1) is 5.69 Å². The highest BCUT2D eigenvalue weighted by molar-refractivity contribution is 9.11. The van der Waals surface area contributed by atoms with Crippen molar-refractivity contribution in [2.75, 3.05) is 0 Å². The summed E-state index contributed by atoms with van der Waals surface area (Å²) >= 11 is 5.62. The Morgan fingerprint density at radius 3 is 2.23 bits per heavy atom. The molecule has 0 saturated heterocycles. The van der Waals surface area contributed by atoms with Crippen LogP contribution in [0.15, 0.2) is 32.2 Å². The van der Waals surface area contributed by atoms with E-state index in [9.17, 15) is 26.3 Å². The predicted octanol–water partition coefficient (Wildman–Crippen LogP) is 5.83. The summed E-state index contributed by atoms with van der Waals surface area (Å²) in [5.41, 5.74) is -6.07. The van der Waals surface area contributed by atoms with Gasteiger partial charge in [0.15, 0.2) is 5.69 Å². The van der Waals surface area contributed by atoms with Gasteiger partial charge in [0.2, 0.25) is 0 Å². The Bertz CT molecular complexity index is 695. The molecule has 0 saturated carbocycles. The SMILES string of the molecule is FC(F)(F)Sc1cc(Br)cc(Br)c1-n1c[c]c(C(F)(F)F)n1. The van der Waals surface area contributed by atoms with Crippen molar-refractivity contribution < 1.29 is 26.3 Å². The van der Waals surface area contributed by atoms with Gasteiger partial charge in [0, 0.05) is 26.1 Å². The number of benzene rings is 1. The van der Waals surface area contributed by atoms with Gasteiger partial charge < -0.3 is 0 Å². The minimum Gasteiger partial charge on any atom is -0.237 e. The average Bonchev–Trinajstić information content (AvgIpc) is 2.74. The first-order valence-corrected chi connectivity index (χ1v) is 7.67. The second kappa shape index (κ2) is 6.08. The normalized spacial score (nSPS) is 12.7. The smallest absolute Gasteiger partial charge is 0.237 e. The maximum absolute atomic E-state index is 12.6. The lowest BCUT2D eigenvalue weighted by Gasteiger charge is -2.14. The fourth-order valence-electron chi connectivity index (χ4n) is 1.51. The summed E-state index contributed by atoms with van der Waals surface area (Å²) in [5.74, 6) is 0. The monoisotopic (exact) mass is 467 g/mol. The number of halogens is 8. The van der Waals surface area contributed by atoms with Crippen LogP contribution in [0.1, 0.15) is 5.69 Å². The topological polar surface area (TPSA) is 17.8 Å². The second-order valence-corrected chi connectivity index (χ2v) is 6.72. The van der Waals surface area contributed by atoms with Crippen molar-refractivity contribution in [3.63, 3.8) is 0 Å². The van der Waals surface area contributed by atoms with Crippen molar-refractivity contribution in [2.24, 2.45) is 0 Å². The van der Waals surface area contributed by atoms with Crippen LogP contribution in [0.5, 0.6) is 0 Å². The Balaban J connectivity index is 2.56. The molecule has 1 radical (unpaired) electrons. The van der Waals surface area contributed by atoms with Crippen LogP contribution in [-0.2, 0) is 6.18 Å². The molecule has 0 bridgehead atoms. The van der Waals surface area contributed by atoms with Gasteiger partial charge >= 0.3 is 11.7 Å². The molecule has 1 heterocycles. The molecule has 2 aromatic rings. The van der Waals surface area contributed by atoms with Gasteiger partial charge in [-0.05, 0) is 39.8 Å². The number of hydrogen-bond donors (Lipinski definition) is 0. The minimum absolute atomic E-state index is 0.152. The first-order valence-electron chi connectivity index (χ1n) is 5.27. The summed E-state index contributed by atoms with van der Waals surface area (Å²) in [7, 11) is 0. The fourth-order valence-corrected chi connectivity index (χ4v) is 3.93. The van der Waals surface area contributed by atoms with E-state index in [4.69, 9.17) is 0 Å². The van der Waals surface area contributed by atoms with E-state index >= 15 is 0 Å². The zero-order chi connectivity index (χ0) is 16.7. The Morgan fingerprint density at radius 1 is 1.09 bits per heavy atom. The van der Waals surface area contributed by atoms with Crippen LogP contribution in [0.2, 0.25) is 0 Å². The van der Waals surface area contributed by atoms with Crippen molar-refractivity contribution in [3.8, 4) is 5.69 Å². The molecular formula is C11H3Br2F6N2S. The summed E-state index contributed by atoms with van der Waals surface area (Å²) in [6.45, 7) is 0. The van der Waals surface area contributed by atoms with E-state index in [0.717, 1.165) is 12.3 Å². The number of rotatable bonds is 2. The highest BCUT2D eigenvalue weighted by atomic mass is 79.9. The molecule has 1 aromatic carbocycles. The molecular weight excluding hydrogens is 466 g/mol. The molecule has 22 heavy (non-hydrogen) atoms.